The van der Waals surface area contributed by atoms with Crippen molar-refractivity contribution in [2.75, 3.05) is 19.0 Å². The first-order valence-corrected chi connectivity index (χ1v) is 5.35. The van der Waals surface area contributed by atoms with Crippen molar-refractivity contribution in [1.82, 2.24) is 0 Å². The van der Waals surface area contributed by atoms with Gasteiger partial charge in [0, 0.05) is 19.3 Å². The molecular formula is C12H18ClFN2O2. The lowest BCUT2D eigenvalue weighted by Gasteiger charge is -2.13. The molecule has 1 rings (SSSR count). The Hall–Kier alpha value is -1.17. The lowest BCUT2D eigenvalue weighted by molar-refractivity contribution is -0.118. The number of amides is 1. The average molecular weight is 277 g/mol. The second-order valence-corrected chi connectivity index (χ2v) is 3.80. The second kappa shape index (κ2) is 8.02. The molecule has 0 saturated heterocycles. The number of aryl methyl sites for hydroxylation is 1. The summed E-state index contributed by atoms with van der Waals surface area (Å²) in [6.45, 7) is 2.07. The molecule has 0 heterocycles. The summed E-state index contributed by atoms with van der Waals surface area (Å²) < 4.78 is 18.0. The number of nitrogens with two attached hydrogens (primary N) is 1. The molecule has 1 atom stereocenters. The van der Waals surface area contributed by atoms with Crippen molar-refractivity contribution >= 4 is 24.0 Å². The summed E-state index contributed by atoms with van der Waals surface area (Å²) in [6.07, 6.45) is -0.160. The molecule has 1 unspecified atom stereocenters. The largest absolute Gasteiger partial charge is 0.380 e. The molecule has 0 saturated carbocycles. The molecular weight excluding hydrogens is 259 g/mol. The van der Waals surface area contributed by atoms with Crippen molar-refractivity contribution in [2.24, 2.45) is 5.73 Å². The molecule has 6 heteroatoms. The summed E-state index contributed by atoms with van der Waals surface area (Å²) in [4.78, 5) is 11.6. The van der Waals surface area contributed by atoms with Gasteiger partial charge in [-0.05, 0) is 24.6 Å². The van der Waals surface area contributed by atoms with Gasteiger partial charge in [0.25, 0.3) is 0 Å². The summed E-state index contributed by atoms with van der Waals surface area (Å²) >= 11 is 0. The molecule has 102 valence electrons. The summed E-state index contributed by atoms with van der Waals surface area (Å²) in [7, 11) is 1.50. The zero-order valence-corrected chi connectivity index (χ0v) is 11.2. The standard InChI is InChI=1S/C12H17FN2O2.ClH/c1-8-3-4-9(13)5-11(8)15-12(16)6-10(7-14)17-2;/h3-5,10H,6-7,14H2,1-2H3,(H,15,16);1H. The predicted molar refractivity (Wildman–Crippen MR) is 71.5 cm³/mol. The molecule has 0 fully saturated rings. The molecule has 3 N–H and O–H groups in total. The monoisotopic (exact) mass is 276 g/mol. The highest BCUT2D eigenvalue weighted by molar-refractivity contribution is 5.91. The average Bonchev–Trinajstić information content (AvgIpc) is 2.31. The summed E-state index contributed by atoms with van der Waals surface area (Å²) in [6, 6.07) is 4.25. The van der Waals surface area contributed by atoms with E-state index >= 15 is 0 Å². The number of hydrogen-bond donors (Lipinski definition) is 2. The van der Waals surface area contributed by atoms with Gasteiger partial charge in [-0.25, -0.2) is 4.39 Å². The first kappa shape index (κ1) is 16.8. The van der Waals surface area contributed by atoms with E-state index in [9.17, 15) is 9.18 Å². The zero-order chi connectivity index (χ0) is 12.8. The zero-order valence-electron chi connectivity index (χ0n) is 10.4. The fraction of sp³-hybridized carbons (Fsp3) is 0.417. The van der Waals surface area contributed by atoms with Gasteiger partial charge in [-0.3, -0.25) is 4.79 Å². The highest BCUT2D eigenvalue weighted by Crippen LogP contribution is 2.16. The molecule has 0 aliphatic rings. The second-order valence-electron chi connectivity index (χ2n) is 3.80. The third-order valence-electron chi connectivity index (χ3n) is 2.48. The number of nitrogens with one attached hydrogen (secondary N) is 1. The van der Waals surface area contributed by atoms with Crippen LogP contribution in [0.15, 0.2) is 18.2 Å². The van der Waals surface area contributed by atoms with E-state index in [-0.39, 0.29) is 43.2 Å². The highest BCUT2D eigenvalue weighted by atomic mass is 35.5. The number of ether oxygens (including phenoxy) is 1. The van der Waals surface area contributed by atoms with Gasteiger partial charge in [-0.1, -0.05) is 6.07 Å². The van der Waals surface area contributed by atoms with E-state index in [2.05, 4.69) is 5.32 Å². The van der Waals surface area contributed by atoms with Crippen molar-refractivity contribution in [3.63, 3.8) is 0 Å². The SMILES string of the molecule is COC(CN)CC(=O)Nc1cc(F)ccc1C.Cl. The van der Waals surface area contributed by atoms with Gasteiger partial charge < -0.3 is 15.8 Å². The van der Waals surface area contributed by atoms with Crippen LogP contribution in [0.25, 0.3) is 0 Å². The van der Waals surface area contributed by atoms with Crippen molar-refractivity contribution in [3.8, 4) is 0 Å². The molecule has 0 aliphatic carbocycles. The van der Waals surface area contributed by atoms with Crippen LogP contribution in [0.5, 0.6) is 0 Å². The van der Waals surface area contributed by atoms with Gasteiger partial charge in [0.05, 0.1) is 12.5 Å². The van der Waals surface area contributed by atoms with Crippen LogP contribution < -0.4 is 11.1 Å². The van der Waals surface area contributed by atoms with Crippen molar-refractivity contribution in [2.45, 2.75) is 19.4 Å². The van der Waals surface area contributed by atoms with Crippen molar-refractivity contribution in [1.29, 1.82) is 0 Å². The normalized spacial score (nSPS) is 11.6. The number of methoxy groups -OCH3 is 1. The Balaban J connectivity index is 0.00000289. The number of anilines is 1. The minimum Gasteiger partial charge on any atom is -0.380 e. The smallest absolute Gasteiger partial charge is 0.227 e. The Bertz CT molecular complexity index is 398. The van der Waals surface area contributed by atoms with Crippen LogP contribution >= 0.6 is 12.4 Å². The number of rotatable bonds is 5. The Morgan fingerprint density at radius 2 is 2.22 bits per heavy atom. The summed E-state index contributed by atoms with van der Waals surface area (Å²) in [5.74, 6) is -0.621. The Kier molecular flexibility index (Phi) is 7.50. The molecule has 1 aromatic carbocycles. The molecule has 0 radical (unpaired) electrons. The van der Waals surface area contributed by atoms with Gasteiger partial charge in [-0.2, -0.15) is 0 Å². The van der Waals surface area contributed by atoms with E-state index in [0.717, 1.165) is 5.56 Å². The van der Waals surface area contributed by atoms with Gasteiger partial charge >= 0.3 is 0 Å². The van der Waals surface area contributed by atoms with Crippen LogP contribution in [0.3, 0.4) is 0 Å². The van der Waals surface area contributed by atoms with Gasteiger partial charge in [0.15, 0.2) is 0 Å². The molecule has 0 spiro atoms. The highest BCUT2D eigenvalue weighted by Gasteiger charge is 2.12. The maximum absolute atomic E-state index is 13.0. The maximum atomic E-state index is 13.0. The number of benzene rings is 1. The van der Waals surface area contributed by atoms with Gasteiger partial charge in [0.1, 0.15) is 5.82 Å². The lowest BCUT2D eigenvalue weighted by atomic mass is 10.2. The van der Waals surface area contributed by atoms with Crippen LogP contribution in [0, 0.1) is 12.7 Å². The molecule has 0 aliphatic heterocycles. The van der Waals surface area contributed by atoms with Crippen LogP contribution in [0.1, 0.15) is 12.0 Å². The number of halogens is 2. The molecule has 1 aromatic rings. The van der Waals surface area contributed by atoms with Crippen molar-refractivity contribution in [3.05, 3.63) is 29.6 Å². The summed E-state index contributed by atoms with van der Waals surface area (Å²) in [5.41, 5.74) is 6.69. The third-order valence-corrected chi connectivity index (χ3v) is 2.48. The van der Waals surface area contributed by atoms with Crippen molar-refractivity contribution < 1.29 is 13.9 Å². The first-order valence-electron chi connectivity index (χ1n) is 5.35. The van der Waals surface area contributed by atoms with Crippen LogP contribution in [-0.2, 0) is 9.53 Å². The third kappa shape index (κ3) is 5.00. The van der Waals surface area contributed by atoms with E-state index < -0.39 is 0 Å². The van der Waals surface area contributed by atoms with E-state index in [1.54, 1.807) is 13.0 Å². The van der Waals surface area contributed by atoms with E-state index in [4.69, 9.17) is 10.5 Å². The van der Waals surface area contributed by atoms with Gasteiger partial charge in [0.2, 0.25) is 5.91 Å². The van der Waals surface area contributed by atoms with Gasteiger partial charge in [-0.15, -0.1) is 12.4 Å². The Morgan fingerprint density at radius 1 is 1.56 bits per heavy atom. The first-order chi connectivity index (χ1) is 8.06. The Labute approximate surface area is 112 Å². The predicted octanol–water partition coefficient (Wildman–Crippen LogP) is 1.86. The fourth-order valence-corrected chi connectivity index (χ4v) is 1.40. The van der Waals surface area contributed by atoms with Crippen LogP contribution in [-0.4, -0.2) is 25.7 Å². The van der Waals surface area contributed by atoms with E-state index in [1.807, 2.05) is 0 Å². The minimum absolute atomic E-state index is 0. The minimum atomic E-state index is -0.381. The number of carbonyl (C=O) groups is 1. The molecule has 0 aromatic heterocycles. The van der Waals surface area contributed by atoms with Crippen LogP contribution in [0.2, 0.25) is 0 Å². The number of hydrogen-bond acceptors (Lipinski definition) is 3. The fourth-order valence-electron chi connectivity index (χ4n) is 1.40. The van der Waals surface area contributed by atoms with E-state index in [0.29, 0.717) is 5.69 Å². The molecule has 4 nitrogen and oxygen atoms in total. The molecule has 1 amide bonds. The topological polar surface area (TPSA) is 64.3 Å². The quantitative estimate of drug-likeness (QED) is 0.863. The van der Waals surface area contributed by atoms with E-state index in [1.165, 1.54) is 19.2 Å². The molecule has 0 bridgehead atoms. The molecule has 18 heavy (non-hydrogen) atoms. The Morgan fingerprint density at radius 3 is 2.78 bits per heavy atom. The number of carbonyl (C=O) groups excluding carboxylic acids is 1. The summed E-state index contributed by atoms with van der Waals surface area (Å²) in [5, 5.41) is 2.64. The maximum Gasteiger partial charge on any atom is 0.227 e. The lowest BCUT2D eigenvalue weighted by Crippen LogP contribution is -2.28. The van der Waals surface area contributed by atoms with Crippen LogP contribution in [0.4, 0.5) is 10.1 Å².